The Balaban J connectivity index is 0.00000256. The average Bonchev–Trinajstić information content (AvgIpc) is 2.27. The number of nitrogens with one attached hydrogen (secondary N) is 1. The zero-order valence-electron chi connectivity index (χ0n) is 10.5. The van der Waals surface area contributed by atoms with Gasteiger partial charge in [0.1, 0.15) is 0 Å². The molecule has 0 saturated carbocycles. The summed E-state index contributed by atoms with van der Waals surface area (Å²) in [4.78, 5) is 4.27. The molecule has 4 heteroatoms. The lowest BCUT2D eigenvalue weighted by molar-refractivity contribution is 0.576. The van der Waals surface area contributed by atoms with Crippen LogP contribution in [-0.2, 0) is 6.54 Å². The van der Waals surface area contributed by atoms with Gasteiger partial charge < -0.3 is 11.1 Å². The summed E-state index contributed by atoms with van der Waals surface area (Å²) in [6.45, 7) is 5.92. The van der Waals surface area contributed by atoms with Crippen molar-refractivity contribution >= 4 is 29.9 Å². The zero-order chi connectivity index (χ0) is 11.8. The Labute approximate surface area is 121 Å². The molecule has 0 heterocycles. The number of nitrogens with two attached hydrogens (primary N) is 1. The molecule has 1 aromatic carbocycles. The monoisotopic (exact) mass is 347 g/mol. The second kappa shape index (κ2) is 9.27. The second-order valence-electron chi connectivity index (χ2n) is 4.30. The normalized spacial score (nSPS) is 11.1. The number of rotatable bonds is 5. The van der Waals surface area contributed by atoms with Crippen molar-refractivity contribution in [2.24, 2.45) is 16.6 Å². The molecule has 3 nitrogen and oxygen atoms in total. The molecule has 3 N–H and O–H groups in total. The van der Waals surface area contributed by atoms with E-state index in [2.05, 4.69) is 24.2 Å². The van der Waals surface area contributed by atoms with E-state index in [-0.39, 0.29) is 24.0 Å². The molecule has 0 radical (unpaired) electrons. The fourth-order valence-electron chi connectivity index (χ4n) is 1.30. The van der Waals surface area contributed by atoms with Crippen LogP contribution in [0.4, 0.5) is 0 Å². The number of hydrogen-bond acceptors (Lipinski definition) is 1. The van der Waals surface area contributed by atoms with Crippen LogP contribution in [-0.4, -0.2) is 12.5 Å². The summed E-state index contributed by atoms with van der Waals surface area (Å²) in [5, 5.41) is 3.11. The molecule has 0 saturated heterocycles. The fraction of sp³-hybridized carbons (Fsp3) is 0.462. The van der Waals surface area contributed by atoms with E-state index in [0.717, 1.165) is 13.0 Å². The molecule has 0 unspecified atom stereocenters. The lowest BCUT2D eigenvalue weighted by atomic mass is 10.1. The molecule has 0 spiro atoms. The SMILES string of the molecule is CC(C)CCNC(N)=NCc1ccccc1.I. The van der Waals surface area contributed by atoms with Crippen molar-refractivity contribution in [2.75, 3.05) is 6.54 Å². The molecular weight excluding hydrogens is 325 g/mol. The first kappa shape index (κ1) is 16.2. The lowest BCUT2D eigenvalue weighted by Crippen LogP contribution is -2.32. The van der Waals surface area contributed by atoms with Crippen molar-refractivity contribution in [2.45, 2.75) is 26.8 Å². The van der Waals surface area contributed by atoms with E-state index >= 15 is 0 Å². The summed E-state index contributed by atoms with van der Waals surface area (Å²) in [6, 6.07) is 10.1. The third kappa shape index (κ3) is 8.01. The standard InChI is InChI=1S/C13H21N3.HI/c1-11(2)8-9-15-13(14)16-10-12-6-4-3-5-7-12;/h3-7,11H,8-10H2,1-2H3,(H3,14,15,16);1H. The fourth-order valence-corrected chi connectivity index (χ4v) is 1.30. The van der Waals surface area contributed by atoms with Crippen LogP contribution < -0.4 is 11.1 Å². The van der Waals surface area contributed by atoms with Gasteiger partial charge in [0.2, 0.25) is 0 Å². The maximum absolute atomic E-state index is 5.75. The third-order valence-corrected chi connectivity index (χ3v) is 2.30. The van der Waals surface area contributed by atoms with E-state index in [0.29, 0.717) is 18.4 Å². The van der Waals surface area contributed by atoms with Gasteiger partial charge in [-0.25, -0.2) is 4.99 Å². The van der Waals surface area contributed by atoms with Gasteiger partial charge in [-0.1, -0.05) is 44.2 Å². The van der Waals surface area contributed by atoms with Gasteiger partial charge in [-0.15, -0.1) is 24.0 Å². The molecule has 1 aromatic rings. The Morgan fingerprint density at radius 1 is 1.29 bits per heavy atom. The number of nitrogens with zero attached hydrogens (tertiary/aromatic N) is 1. The summed E-state index contributed by atoms with van der Waals surface area (Å²) in [6.07, 6.45) is 1.11. The summed E-state index contributed by atoms with van der Waals surface area (Å²) >= 11 is 0. The van der Waals surface area contributed by atoms with Gasteiger partial charge in [0, 0.05) is 6.54 Å². The molecule has 0 aliphatic rings. The minimum absolute atomic E-state index is 0. The predicted octanol–water partition coefficient (Wildman–Crippen LogP) is 2.76. The first-order valence-corrected chi connectivity index (χ1v) is 5.76. The number of hydrogen-bond donors (Lipinski definition) is 2. The van der Waals surface area contributed by atoms with Gasteiger partial charge in [-0.05, 0) is 17.9 Å². The highest BCUT2D eigenvalue weighted by molar-refractivity contribution is 14.0. The lowest BCUT2D eigenvalue weighted by Gasteiger charge is -2.07. The maximum Gasteiger partial charge on any atom is 0.188 e. The van der Waals surface area contributed by atoms with Crippen LogP contribution in [0.25, 0.3) is 0 Å². The predicted molar refractivity (Wildman–Crippen MR) is 84.6 cm³/mol. The molecule has 1 rings (SSSR count). The maximum atomic E-state index is 5.75. The van der Waals surface area contributed by atoms with Crippen molar-refractivity contribution in [1.82, 2.24) is 5.32 Å². The number of halogens is 1. The molecule has 0 amide bonds. The molecular formula is C13H22IN3. The van der Waals surface area contributed by atoms with Gasteiger partial charge in [0.05, 0.1) is 6.54 Å². The quantitative estimate of drug-likeness (QED) is 0.489. The zero-order valence-corrected chi connectivity index (χ0v) is 12.8. The minimum atomic E-state index is 0. The Hall–Kier alpha value is -0.780. The van der Waals surface area contributed by atoms with Crippen molar-refractivity contribution in [3.05, 3.63) is 35.9 Å². The Bertz CT molecular complexity index is 323. The Morgan fingerprint density at radius 2 is 1.94 bits per heavy atom. The molecule has 0 aliphatic carbocycles. The van der Waals surface area contributed by atoms with Crippen LogP contribution in [0.1, 0.15) is 25.8 Å². The van der Waals surface area contributed by atoms with Crippen molar-refractivity contribution in [1.29, 1.82) is 0 Å². The van der Waals surface area contributed by atoms with E-state index < -0.39 is 0 Å². The average molecular weight is 347 g/mol. The summed E-state index contributed by atoms with van der Waals surface area (Å²) in [7, 11) is 0. The van der Waals surface area contributed by atoms with Crippen molar-refractivity contribution in [3.8, 4) is 0 Å². The van der Waals surface area contributed by atoms with E-state index in [9.17, 15) is 0 Å². The van der Waals surface area contributed by atoms with E-state index in [1.54, 1.807) is 0 Å². The van der Waals surface area contributed by atoms with Crippen LogP contribution in [0.3, 0.4) is 0 Å². The first-order chi connectivity index (χ1) is 7.68. The van der Waals surface area contributed by atoms with Crippen LogP contribution in [0.5, 0.6) is 0 Å². The largest absolute Gasteiger partial charge is 0.370 e. The van der Waals surface area contributed by atoms with Crippen LogP contribution in [0.2, 0.25) is 0 Å². The Morgan fingerprint density at radius 3 is 2.53 bits per heavy atom. The Kier molecular flexibility index (Phi) is 8.85. The van der Waals surface area contributed by atoms with E-state index in [4.69, 9.17) is 5.73 Å². The minimum Gasteiger partial charge on any atom is -0.370 e. The first-order valence-electron chi connectivity index (χ1n) is 5.76. The topological polar surface area (TPSA) is 50.4 Å². The van der Waals surface area contributed by atoms with Crippen molar-refractivity contribution < 1.29 is 0 Å². The van der Waals surface area contributed by atoms with Crippen molar-refractivity contribution in [3.63, 3.8) is 0 Å². The smallest absolute Gasteiger partial charge is 0.188 e. The molecule has 0 fully saturated rings. The van der Waals surface area contributed by atoms with Gasteiger partial charge in [-0.2, -0.15) is 0 Å². The molecule has 0 aromatic heterocycles. The van der Waals surface area contributed by atoms with Crippen LogP contribution >= 0.6 is 24.0 Å². The highest BCUT2D eigenvalue weighted by Gasteiger charge is 1.95. The number of benzene rings is 1. The van der Waals surface area contributed by atoms with Gasteiger partial charge >= 0.3 is 0 Å². The number of guanidine groups is 1. The van der Waals surface area contributed by atoms with Gasteiger partial charge in [0.25, 0.3) is 0 Å². The van der Waals surface area contributed by atoms with E-state index in [1.807, 2.05) is 30.3 Å². The second-order valence-corrected chi connectivity index (χ2v) is 4.30. The molecule has 0 aliphatic heterocycles. The van der Waals surface area contributed by atoms with Crippen LogP contribution in [0.15, 0.2) is 35.3 Å². The van der Waals surface area contributed by atoms with Gasteiger partial charge in [-0.3, -0.25) is 0 Å². The molecule has 0 atom stereocenters. The molecule has 0 bridgehead atoms. The van der Waals surface area contributed by atoms with Gasteiger partial charge in [0.15, 0.2) is 5.96 Å². The summed E-state index contributed by atoms with van der Waals surface area (Å²) in [5.41, 5.74) is 6.92. The summed E-state index contributed by atoms with van der Waals surface area (Å²) < 4.78 is 0. The highest BCUT2D eigenvalue weighted by Crippen LogP contribution is 1.99. The van der Waals surface area contributed by atoms with E-state index in [1.165, 1.54) is 5.56 Å². The molecule has 17 heavy (non-hydrogen) atoms. The highest BCUT2D eigenvalue weighted by atomic mass is 127. The summed E-state index contributed by atoms with van der Waals surface area (Å²) in [5.74, 6) is 1.22. The van der Waals surface area contributed by atoms with Crippen LogP contribution in [0, 0.1) is 5.92 Å². The third-order valence-electron chi connectivity index (χ3n) is 2.30. The molecule has 96 valence electrons. The number of aliphatic imine (C=N–C) groups is 1.